The number of benzene rings is 1. The summed E-state index contributed by atoms with van der Waals surface area (Å²) in [4.78, 5) is 15.5. The fourth-order valence-corrected chi connectivity index (χ4v) is 3.86. The zero-order valence-electron chi connectivity index (χ0n) is 13.1. The molecule has 0 bridgehead atoms. The zero-order chi connectivity index (χ0) is 16.2. The largest absolute Gasteiger partial charge is 0.367 e. The highest BCUT2D eigenvalue weighted by molar-refractivity contribution is 8.00. The lowest BCUT2D eigenvalue weighted by atomic mass is 10.1. The number of nitrogen functional groups attached to an aromatic ring is 1. The van der Waals surface area contributed by atoms with E-state index in [2.05, 4.69) is 46.7 Å². The molecule has 7 nitrogen and oxygen atoms in total. The SMILES string of the molecule is Cc1ccccc1SC1CCN(C(=O)Cn2nnnc2N)CC1. The van der Waals surface area contributed by atoms with Crippen molar-refractivity contribution in [3.05, 3.63) is 29.8 Å². The van der Waals surface area contributed by atoms with Gasteiger partial charge in [-0.2, -0.15) is 0 Å². The van der Waals surface area contributed by atoms with E-state index in [-0.39, 0.29) is 18.4 Å². The molecule has 0 saturated carbocycles. The van der Waals surface area contributed by atoms with Gasteiger partial charge in [-0.3, -0.25) is 4.79 Å². The van der Waals surface area contributed by atoms with Gasteiger partial charge in [0.2, 0.25) is 11.9 Å². The molecular formula is C15H20N6OS. The summed E-state index contributed by atoms with van der Waals surface area (Å²) in [5.74, 6) is 0.187. The van der Waals surface area contributed by atoms with Crippen molar-refractivity contribution in [3.63, 3.8) is 0 Å². The fraction of sp³-hybridized carbons (Fsp3) is 0.467. The van der Waals surface area contributed by atoms with Crippen LogP contribution in [0.25, 0.3) is 0 Å². The minimum Gasteiger partial charge on any atom is -0.367 e. The van der Waals surface area contributed by atoms with Gasteiger partial charge in [0.05, 0.1) is 0 Å². The van der Waals surface area contributed by atoms with Crippen LogP contribution in [0.3, 0.4) is 0 Å². The Morgan fingerprint density at radius 2 is 2.09 bits per heavy atom. The number of hydrogen-bond acceptors (Lipinski definition) is 6. The minimum absolute atomic E-state index is 0.0170. The van der Waals surface area contributed by atoms with Gasteiger partial charge in [0, 0.05) is 23.2 Å². The Hall–Kier alpha value is -2.09. The third-order valence-corrected chi connectivity index (χ3v) is 5.54. The normalized spacial score (nSPS) is 15.8. The van der Waals surface area contributed by atoms with Gasteiger partial charge in [-0.05, 0) is 41.8 Å². The summed E-state index contributed by atoms with van der Waals surface area (Å²) in [6.07, 6.45) is 1.99. The Bertz CT molecular complexity index is 680. The van der Waals surface area contributed by atoms with Crippen molar-refractivity contribution >= 4 is 23.6 Å². The predicted molar refractivity (Wildman–Crippen MR) is 88.9 cm³/mol. The highest BCUT2D eigenvalue weighted by Gasteiger charge is 2.24. The molecule has 1 aromatic heterocycles. The first-order valence-electron chi connectivity index (χ1n) is 7.65. The van der Waals surface area contributed by atoms with Crippen LogP contribution in [0.15, 0.2) is 29.2 Å². The van der Waals surface area contributed by atoms with E-state index in [1.165, 1.54) is 15.1 Å². The number of nitrogens with two attached hydrogens (primary N) is 1. The predicted octanol–water partition coefficient (Wildman–Crippen LogP) is 1.35. The average molecular weight is 332 g/mol. The number of aromatic nitrogens is 4. The summed E-state index contributed by atoms with van der Waals surface area (Å²) < 4.78 is 1.33. The second kappa shape index (κ2) is 6.99. The number of amides is 1. The Kier molecular flexibility index (Phi) is 4.80. The maximum atomic E-state index is 12.3. The number of carbonyl (C=O) groups excluding carboxylic acids is 1. The van der Waals surface area contributed by atoms with E-state index in [1.807, 2.05) is 16.7 Å². The molecule has 0 aliphatic carbocycles. The van der Waals surface area contributed by atoms with Crippen LogP contribution in [0.4, 0.5) is 5.95 Å². The van der Waals surface area contributed by atoms with Crippen molar-refractivity contribution in [2.75, 3.05) is 18.8 Å². The zero-order valence-corrected chi connectivity index (χ0v) is 13.9. The maximum absolute atomic E-state index is 12.3. The molecule has 1 aromatic carbocycles. The number of piperidine rings is 1. The van der Waals surface area contributed by atoms with E-state index >= 15 is 0 Å². The molecule has 0 radical (unpaired) electrons. The third-order valence-electron chi connectivity index (χ3n) is 4.03. The summed E-state index contributed by atoms with van der Waals surface area (Å²) >= 11 is 1.92. The molecule has 0 spiro atoms. The Balaban J connectivity index is 1.51. The number of aryl methyl sites for hydroxylation is 1. The lowest BCUT2D eigenvalue weighted by molar-refractivity contribution is -0.132. The summed E-state index contributed by atoms with van der Waals surface area (Å²) in [7, 11) is 0. The highest BCUT2D eigenvalue weighted by atomic mass is 32.2. The van der Waals surface area contributed by atoms with E-state index in [1.54, 1.807) is 0 Å². The molecule has 2 N–H and O–H groups in total. The standard InChI is InChI=1S/C15H20N6OS/c1-11-4-2-3-5-13(11)23-12-6-8-20(9-7-12)14(22)10-21-15(16)17-18-19-21/h2-5,12H,6-10H2,1H3,(H2,16,17,19). The first-order valence-corrected chi connectivity index (χ1v) is 8.53. The molecule has 0 atom stereocenters. The van der Waals surface area contributed by atoms with Crippen LogP contribution in [0.5, 0.6) is 0 Å². The lowest BCUT2D eigenvalue weighted by Crippen LogP contribution is -2.41. The molecule has 1 fully saturated rings. The van der Waals surface area contributed by atoms with E-state index in [4.69, 9.17) is 5.73 Å². The van der Waals surface area contributed by atoms with Crippen molar-refractivity contribution in [2.24, 2.45) is 0 Å². The first kappa shape index (κ1) is 15.8. The lowest BCUT2D eigenvalue weighted by Gasteiger charge is -2.31. The van der Waals surface area contributed by atoms with Crippen molar-refractivity contribution < 1.29 is 4.79 Å². The van der Waals surface area contributed by atoms with Gasteiger partial charge in [-0.25, -0.2) is 4.68 Å². The van der Waals surface area contributed by atoms with Gasteiger partial charge in [0.15, 0.2) is 0 Å². The number of likely N-dealkylation sites (tertiary alicyclic amines) is 1. The van der Waals surface area contributed by atoms with Crippen molar-refractivity contribution in [3.8, 4) is 0 Å². The van der Waals surface area contributed by atoms with Gasteiger partial charge in [-0.15, -0.1) is 11.8 Å². The quantitative estimate of drug-likeness (QED) is 0.909. The molecule has 3 rings (SSSR count). The monoisotopic (exact) mass is 332 g/mol. The number of tetrazole rings is 1. The topological polar surface area (TPSA) is 89.9 Å². The van der Waals surface area contributed by atoms with Gasteiger partial charge < -0.3 is 10.6 Å². The molecule has 1 aliphatic heterocycles. The number of rotatable bonds is 4. The van der Waals surface area contributed by atoms with Crippen LogP contribution < -0.4 is 5.73 Å². The van der Waals surface area contributed by atoms with E-state index in [0.717, 1.165) is 25.9 Å². The molecule has 23 heavy (non-hydrogen) atoms. The van der Waals surface area contributed by atoms with Gasteiger partial charge in [-0.1, -0.05) is 23.3 Å². The van der Waals surface area contributed by atoms with E-state index in [9.17, 15) is 4.79 Å². The molecular weight excluding hydrogens is 312 g/mol. The number of anilines is 1. The maximum Gasteiger partial charge on any atom is 0.244 e. The first-order chi connectivity index (χ1) is 11.1. The Labute approximate surface area is 139 Å². The van der Waals surface area contributed by atoms with Crippen LogP contribution in [0.2, 0.25) is 0 Å². The van der Waals surface area contributed by atoms with Gasteiger partial charge in [0.1, 0.15) is 6.54 Å². The van der Waals surface area contributed by atoms with Crippen LogP contribution in [-0.4, -0.2) is 49.4 Å². The number of nitrogens with zero attached hydrogens (tertiary/aromatic N) is 5. The molecule has 0 unspecified atom stereocenters. The molecule has 2 aromatic rings. The molecule has 8 heteroatoms. The molecule has 1 amide bonds. The average Bonchev–Trinajstić information content (AvgIpc) is 2.95. The summed E-state index contributed by atoms with van der Waals surface area (Å²) in [5.41, 5.74) is 6.90. The summed E-state index contributed by atoms with van der Waals surface area (Å²) in [6.45, 7) is 3.78. The van der Waals surface area contributed by atoms with Crippen LogP contribution in [0.1, 0.15) is 18.4 Å². The van der Waals surface area contributed by atoms with E-state index in [0.29, 0.717) is 5.25 Å². The van der Waals surface area contributed by atoms with Gasteiger partial charge in [0.25, 0.3) is 0 Å². The van der Waals surface area contributed by atoms with Crippen LogP contribution >= 0.6 is 11.8 Å². The van der Waals surface area contributed by atoms with Gasteiger partial charge >= 0.3 is 0 Å². The third kappa shape index (κ3) is 3.82. The Morgan fingerprint density at radius 3 is 2.74 bits per heavy atom. The van der Waals surface area contributed by atoms with E-state index < -0.39 is 0 Å². The molecule has 2 heterocycles. The number of thioether (sulfide) groups is 1. The second-order valence-corrected chi connectivity index (χ2v) is 7.00. The summed E-state index contributed by atoms with van der Waals surface area (Å²) in [6, 6.07) is 8.44. The van der Waals surface area contributed by atoms with Crippen LogP contribution in [0, 0.1) is 6.92 Å². The molecule has 122 valence electrons. The number of hydrogen-bond donors (Lipinski definition) is 1. The van der Waals surface area contributed by atoms with Crippen molar-refractivity contribution in [1.29, 1.82) is 0 Å². The Morgan fingerprint density at radius 1 is 1.35 bits per heavy atom. The molecule has 1 aliphatic rings. The van der Waals surface area contributed by atoms with Crippen LogP contribution in [-0.2, 0) is 11.3 Å². The highest BCUT2D eigenvalue weighted by Crippen LogP contribution is 2.32. The van der Waals surface area contributed by atoms with Crippen molar-refractivity contribution in [1.82, 2.24) is 25.1 Å². The number of carbonyl (C=O) groups is 1. The molecule has 1 saturated heterocycles. The van der Waals surface area contributed by atoms with Crippen molar-refractivity contribution in [2.45, 2.75) is 36.5 Å². The summed E-state index contributed by atoms with van der Waals surface area (Å²) in [5, 5.41) is 11.3. The fourth-order valence-electron chi connectivity index (χ4n) is 2.64. The second-order valence-electron chi connectivity index (χ2n) is 5.66. The smallest absolute Gasteiger partial charge is 0.244 e. The minimum atomic E-state index is 0.0170.